The molecule has 0 aromatic carbocycles. The van der Waals surface area contributed by atoms with E-state index in [9.17, 15) is 14.4 Å². The highest BCUT2D eigenvalue weighted by Crippen LogP contribution is 2.28. The van der Waals surface area contributed by atoms with Crippen molar-refractivity contribution in [1.82, 2.24) is 15.2 Å². The van der Waals surface area contributed by atoms with Crippen molar-refractivity contribution in [1.29, 1.82) is 0 Å². The van der Waals surface area contributed by atoms with Crippen LogP contribution < -0.4 is 16.1 Å². The maximum atomic E-state index is 13.0. The number of hydrogen-bond donors (Lipinski definition) is 2. The van der Waals surface area contributed by atoms with E-state index in [1.54, 1.807) is 12.4 Å². The second-order valence-corrected chi connectivity index (χ2v) is 8.60. The van der Waals surface area contributed by atoms with E-state index in [1.165, 1.54) is 6.42 Å². The Morgan fingerprint density at radius 2 is 1.69 bits per heavy atom. The highest BCUT2D eigenvalue weighted by Gasteiger charge is 2.24. The van der Waals surface area contributed by atoms with Crippen LogP contribution in [0.25, 0.3) is 0 Å². The van der Waals surface area contributed by atoms with Crippen LogP contribution in [-0.4, -0.2) is 42.2 Å². The predicted octanol–water partition coefficient (Wildman–Crippen LogP) is 2.65. The molecule has 3 rings (SSSR count). The second-order valence-electron chi connectivity index (χ2n) is 8.60. The predicted molar refractivity (Wildman–Crippen MR) is 111 cm³/mol. The van der Waals surface area contributed by atoms with Crippen LogP contribution in [0.2, 0.25) is 0 Å². The third-order valence-corrected chi connectivity index (χ3v) is 5.72. The van der Waals surface area contributed by atoms with Gasteiger partial charge in [0.05, 0.1) is 6.10 Å². The Kier molecular flexibility index (Phi) is 7.47. The van der Waals surface area contributed by atoms with Gasteiger partial charge >= 0.3 is 0 Å². The minimum atomic E-state index is -0.511. The number of nitrogens with zero attached hydrogens (tertiary/aromatic N) is 1. The van der Waals surface area contributed by atoms with Gasteiger partial charge in [0.25, 0.3) is 11.8 Å². The largest absolute Gasteiger partial charge is 0.376 e. The van der Waals surface area contributed by atoms with E-state index in [4.69, 9.17) is 4.74 Å². The number of carbonyl (C=O) groups is 2. The van der Waals surface area contributed by atoms with Crippen LogP contribution in [0, 0.1) is 5.92 Å². The third-order valence-electron chi connectivity index (χ3n) is 5.72. The molecule has 1 aromatic heterocycles. The lowest BCUT2D eigenvalue weighted by atomic mass is 9.95. The number of hydrogen-bond acceptors (Lipinski definition) is 4. The molecule has 1 saturated carbocycles. The molecule has 2 amide bonds. The van der Waals surface area contributed by atoms with Crippen LogP contribution in [0.1, 0.15) is 85.6 Å². The topological polar surface area (TPSA) is 89.4 Å². The van der Waals surface area contributed by atoms with Crippen LogP contribution in [0.5, 0.6) is 0 Å². The molecule has 2 aliphatic rings. The molecule has 1 aliphatic heterocycles. The lowest BCUT2D eigenvalue weighted by molar-refractivity contribution is 0.0856. The zero-order valence-electron chi connectivity index (χ0n) is 17.5. The second kappa shape index (κ2) is 10.1. The standard InChI is InChI=1S/C22H33N3O4/c1-15(2)11-23-21(27)18-13-25(16-7-4-3-5-8-16)14-19(20(18)26)22(28)24-12-17-9-6-10-29-17/h13-17H,3-12H2,1-2H3,(H,23,27)(H,24,28)/t17-/m0/s1. The van der Waals surface area contributed by atoms with Crippen molar-refractivity contribution >= 4 is 11.8 Å². The summed E-state index contributed by atoms with van der Waals surface area (Å²) in [7, 11) is 0. The maximum Gasteiger partial charge on any atom is 0.256 e. The van der Waals surface area contributed by atoms with E-state index in [-0.39, 0.29) is 29.2 Å². The molecular formula is C22H33N3O4. The van der Waals surface area contributed by atoms with Crippen LogP contribution in [0.4, 0.5) is 0 Å². The molecule has 2 fully saturated rings. The molecule has 2 N–H and O–H groups in total. The first-order valence-electron chi connectivity index (χ1n) is 10.9. The molecule has 7 nitrogen and oxygen atoms in total. The molecule has 0 bridgehead atoms. The van der Waals surface area contributed by atoms with E-state index in [0.29, 0.717) is 19.7 Å². The zero-order valence-corrected chi connectivity index (χ0v) is 17.5. The Balaban J connectivity index is 1.85. The third kappa shape index (κ3) is 5.69. The van der Waals surface area contributed by atoms with Gasteiger partial charge in [-0.05, 0) is 31.6 Å². The smallest absolute Gasteiger partial charge is 0.256 e. The van der Waals surface area contributed by atoms with E-state index in [2.05, 4.69) is 10.6 Å². The Labute approximate surface area is 172 Å². The highest BCUT2D eigenvalue weighted by atomic mass is 16.5. The molecule has 1 aliphatic carbocycles. The van der Waals surface area contributed by atoms with Crippen LogP contribution in [-0.2, 0) is 4.74 Å². The number of nitrogens with one attached hydrogen (secondary N) is 2. The van der Waals surface area contributed by atoms with Gasteiger partial charge in [-0.3, -0.25) is 14.4 Å². The SMILES string of the molecule is CC(C)CNC(=O)c1cn(C2CCCCC2)cc(C(=O)NC[C@@H]2CCCO2)c1=O. The molecule has 1 atom stereocenters. The van der Waals surface area contributed by atoms with Crippen molar-refractivity contribution < 1.29 is 14.3 Å². The summed E-state index contributed by atoms with van der Waals surface area (Å²) in [5.41, 5.74) is -0.435. The quantitative estimate of drug-likeness (QED) is 0.732. The molecule has 7 heteroatoms. The number of aromatic nitrogens is 1. The summed E-state index contributed by atoms with van der Waals surface area (Å²) >= 11 is 0. The summed E-state index contributed by atoms with van der Waals surface area (Å²) < 4.78 is 7.45. The lowest BCUT2D eigenvalue weighted by Crippen LogP contribution is -2.38. The number of amides is 2. The van der Waals surface area contributed by atoms with Gasteiger partial charge in [-0.2, -0.15) is 0 Å². The van der Waals surface area contributed by atoms with Crippen molar-refractivity contribution in [2.45, 2.75) is 70.9 Å². The summed E-state index contributed by atoms with van der Waals surface area (Å²) in [5, 5.41) is 5.63. The Bertz CT molecular complexity index is 775. The fourth-order valence-electron chi connectivity index (χ4n) is 4.01. The van der Waals surface area contributed by atoms with Crippen molar-refractivity contribution in [3.05, 3.63) is 33.7 Å². The summed E-state index contributed by atoms with van der Waals surface area (Å²) in [6.07, 6.45) is 10.6. The molecule has 160 valence electrons. The molecule has 2 heterocycles. The van der Waals surface area contributed by atoms with E-state index in [1.807, 2.05) is 18.4 Å². The first-order chi connectivity index (χ1) is 14.0. The number of pyridine rings is 1. The summed E-state index contributed by atoms with van der Waals surface area (Å²) in [6.45, 7) is 5.56. The molecule has 1 aromatic rings. The van der Waals surface area contributed by atoms with Crippen molar-refractivity contribution in [2.75, 3.05) is 19.7 Å². The van der Waals surface area contributed by atoms with Gasteiger partial charge in [0, 0.05) is 38.1 Å². The van der Waals surface area contributed by atoms with Gasteiger partial charge < -0.3 is 19.9 Å². The van der Waals surface area contributed by atoms with Crippen LogP contribution in [0.15, 0.2) is 17.2 Å². The van der Waals surface area contributed by atoms with Crippen molar-refractivity contribution in [2.24, 2.45) is 5.92 Å². The fourth-order valence-corrected chi connectivity index (χ4v) is 4.01. The maximum absolute atomic E-state index is 13.0. The van der Waals surface area contributed by atoms with Crippen molar-refractivity contribution in [3.63, 3.8) is 0 Å². The van der Waals surface area contributed by atoms with Gasteiger partial charge in [0.1, 0.15) is 11.1 Å². The molecule has 0 radical (unpaired) electrons. The Morgan fingerprint density at radius 3 is 2.28 bits per heavy atom. The van der Waals surface area contributed by atoms with Crippen LogP contribution in [0.3, 0.4) is 0 Å². The molecule has 0 spiro atoms. The van der Waals surface area contributed by atoms with Gasteiger partial charge in [-0.1, -0.05) is 33.1 Å². The first-order valence-corrected chi connectivity index (χ1v) is 10.9. The first kappa shape index (κ1) is 21.6. The summed E-state index contributed by atoms with van der Waals surface area (Å²) in [5.74, 6) is -0.576. The monoisotopic (exact) mass is 403 g/mol. The minimum Gasteiger partial charge on any atom is -0.376 e. The number of carbonyl (C=O) groups excluding carboxylic acids is 2. The fraction of sp³-hybridized carbons (Fsp3) is 0.682. The normalized spacial score (nSPS) is 20.0. The lowest BCUT2D eigenvalue weighted by Gasteiger charge is -2.25. The van der Waals surface area contributed by atoms with Gasteiger partial charge in [-0.15, -0.1) is 0 Å². The summed E-state index contributed by atoms with van der Waals surface area (Å²) in [4.78, 5) is 38.4. The Hall–Kier alpha value is -2.15. The van der Waals surface area contributed by atoms with E-state index < -0.39 is 17.2 Å². The minimum absolute atomic E-state index is 0.00274. The van der Waals surface area contributed by atoms with Crippen LogP contribution >= 0.6 is 0 Å². The highest BCUT2D eigenvalue weighted by molar-refractivity contribution is 5.99. The van der Waals surface area contributed by atoms with Gasteiger partial charge in [0.15, 0.2) is 0 Å². The molecular weight excluding hydrogens is 370 g/mol. The number of ether oxygens (including phenoxy) is 1. The summed E-state index contributed by atoms with van der Waals surface area (Å²) in [6, 6.07) is 0.214. The van der Waals surface area contributed by atoms with Gasteiger partial charge in [0.2, 0.25) is 5.43 Å². The zero-order chi connectivity index (χ0) is 20.8. The van der Waals surface area contributed by atoms with Crippen molar-refractivity contribution in [3.8, 4) is 0 Å². The molecule has 1 saturated heterocycles. The Morgan fingerprint density at radius 1 is 1.03 bits per heavy atom. The average molecular weight is 404 g/mol. The van der Waals surface area contributed by atoms with E-state index >= 15 is 0 Å². The van der Waals surface area contributed by atoms with Gasteiger partial charge in [-0.25, -0.2) is 0 Å². The molecule has 29 heavy (non-hydrogen) atoms. The number of rotatable bonds is 7. The molecule has 0 unspecified atom stereocenters. The average Bonchev–Trinajstić information content (AvgIpc) is 3.24. The van der Waals surface area contributed by atoms with E-state index in [0.717, 1.165) is 38.5 Å².